The predicted molar refractivity (Wildman–Crippen MR) is 112 cm³/mol. The first-order valence-corrected chi connectivity index (χ1v) is 9.22. The van der Waals surface area contributed by atoms with Crippen LogP contribution in [0, 0.1) is 25.2 Å². The smallest absolute Gasteiger partial charge is 0.328 e. The lowest BCUT2D eigenvalue weighted by molar-refractivity contribution is -0.135. The van der Waals surface area contributed by atoms with Crippen molar-refractivity contribution in [1.82, 2.24) is 20.4 Å². The summed E-state index contributed by atoms with van der Waals surface area (Å²) in [6.45, 7) is 3.58. The first kappa shape index (κ1) is 21.2. The first-order chi connectivity index (χ1) is 14.9. The number of rotatable bonds is 6. The van der Waals surface area contributed by atoms with Crippen molar-refractivity contribution >= 4 is 23.5 Å². The van der Waals surface area contributed by atoms with Gasteiger partial charge in [-0.1, -0.05) is 12.1 Å². The molecule has 2 aromatic heterocycles. The predicted octanol–water partition coefficient (Wildman–Crippen LogP) is 2.43. The van der Waals surface area contributed by atoms with Crippen molar-refractivity contribution in [3.05, 3.63) is 65.6 Å². The van der Waals surface area contributed by atoms with Gasteiger partial charge in [-0.25, -0.2) is 15.0 Å². The molecule has 2 amide bonds. The highest BCUT2D eigenvalue weighted by atomic mass is 16.5. The van der Waals surface area contributed by atoms with E-state index >= 15 is 0 Å². The van der Waals surface area contributed by atoms with Crippen molar-refractivity contribution in [3.63, 3.8) is 0 Å². The molecule has 0 aliphatic heterocycles. The highest BCUT2D eigenvalue weighted by Gasteiger charge is 2.14. The zero-order chi connectivity index (χ0) is 22.2. The van der Waals surface area contributed by atoms with Crippen molar-refractivity contribution in [2.45, 2.75) is 20.3 Å². The number of pyridine rings is 1. The number of carbonyl (C=O) groups excluding carboxylic acids is 2. The molecule has 0 spiro atoms. The number of nitrogens with zero attached hydrogens (tertiary/aromatic N) is 4. The third-order valence-electron chi connectivity index (χ3n) is 3.90. The molecular formula is C21H19N7O3. The van der Waals surface area contributed by atoms with Gasteiger partial charge in [-0.05, 0) is 43.7 Å². The lowest BCUT2D eigenvalue weighted by atomic mass is 10.2. The molecule has 2 heterocycles. The molecule has 0 unspecified atom stereocenters. The quantitative estimate of drug-likeness (QED) is 0.410. The number of hydrogen-bond donors (Lipinski definition) is 3. The van der Waals surface area contributed by atoms with Crippen LogP contribution in [0.2, 0.25) is 0 Å². The molecule has 156 valence electrons. The van der Waals surface area contributed by atoms with Crippen LogP contribution in [0.5, 0.6) is 11.6 Å². The molecule has 3 aromatic rings. The third-order valence-corrected chi connectivity index (χ3v) is 3.90. The van der Waals surface area contributed by atoms with Gasteiger partial charge in [0.25, 0.3) is 0 Å². The van der Waals surface area contributed by atoms with Crippen LogP contribution in [0.25, 0.3) is 0 Å². The molecule has 0 aliphatic carbocycles. The lowest BCUT2D eigenvalue weighted by Crippen LogP contribution is -2.39. The Hall–Kier alpha value is -4.52. The Morgan fingerprint density at radius 2 is 1.74 bits per heavy atom. The summed E-state index contributed by atoms with van der Waals surface area (Å²) in [5.41, 5.74) is 7.40. The van der Waals surface area contributed by atoms with Crippen LogP contribution in [0.1, 0.15) is 17.0 Å². The van der Waals surface area contributed by atoms with Gasteiger partial charge >= 0.3 is 11.8 Å². The van der Waals surface area contributed by atoms with E-state index in [1.807, 2.05) is 0 Å². The van der Waals surface area contributed by atoms with Crippen molar-refractivity contribution in [3.8, 4) is 17.7 Å². The summed E-state index contributed by atoms with van der Waals surface area (Å²) in [7, 11) is 0. The summed E-state index contributed by atoms with van der Waals surface area (Å²) >= 11 is 0. The summed E-state index contributed by atoms with van der Waals surface area (Å²) in [6.07, 6.45) is 1.69. The van der Waals surface area contributed by atoms with E-state index < -0.39 is 11.8 Å². The van der Waals surface area contributed by atoms with Gasteiger partial charge < -0.3 is 10.1 Å². The minimum atomic E-state index is -0.916. The summed E-state index contributed by atoms with van der Waals surface area (Å²) in [6, 6.07) is 14.0. The molecule has 3 N–H and O–H groups in total. The van der Waals surface area contributed by atoms with Gasteiger partial charge in [0.1, 0.15) is 5.75 Å². The lowest BCUT2D eigenvalue weighted by Gasteiger charge is -2.09. The third kappa shape index (κ3) is 6.23. The molecule has 0 fully saturated rings. The van der Waals surface area contributed by atoms with E-state index in [0.717, 1.165) is 17.0 Å². The average Bonchev–Trinajstić information content (AvgIpc) is 2.74. The Bertz CT molecular complexity index is 1100. The zero-order valence-corrected chi connectivity index (χ0v) is 16.8. The molecule has 10 nitrogen and oxygen atoms in total. The molecule has 0 bridgehead atoms. The molecule has 3 rings (SSSR count). The first-order valence-electron chi connectivity index (χ1n) is 9.22. The molecule has 31 heavy (non-hydrogen) atoms. The molecular weight excluding hydrogens is 398 g/mol. The second-order valence-corrected chi connectivity index (χ2v) is 6.47. The zero-order valence-electron chi connectivity index (χ0n) is 16.8. The number of nitriles is 1. The van der Waals surface area contributed by atoms with Gasteiger partial charge in [0.15, 0.2) is 0 Å². The Morgan fingerprint density at radius 1 is 1.03 bits per heavy atom. The summed E-state index contributed by atoms with van der Waals surface area (Å²) in [5.74, 6) is -0.752. The number of ether oxygens (including phenoxy) is 1. The molecule has 10 heteroatoms. The minimum absolute atomic E-state index is 0.183. The number of amides is 2. The highest BCUT2D eigenvalue weighted by Crippen LogP contribution is 2.21. The van der Waals surface area contributed by atoms with Gasteiger partial charge in [0.2, 0.25) is 11.8 Å². The maximum Gasteiger partial charge on any atom is 0.328 e. The number of benzene rings is 1. The summed E-state index contributed by atoms with van der Waals surface area (Å²) < 4.78 is 5.62. The van der Waals surface area contributed by atoms with Gasteiger partial charge in [-0.15, -0.1) is 0 Å². The molecule has 0 atom stereocenters. The average molecular weight is 417 g/mol. The van der Waals surface area contributed by atoms with E-state index in [2.05, 4.69) is 37.2 Å². The van der Waals surface area contributed by atoms with Crippen LogP contribution in [0.3, 0.4) is 0 Å². The van der Waals surface area contributed by atoms with E-state index in [-0.39, 0.29) is 5.95 Å². The normalized spacial score (nSPS) is 9.97. The SMILES string of the molecule is Cc1cc(C)nc(NNC(=O)C(=O)Nc2ccc(Oc3ccc(CC#N)cc3)nc2)n1. The van der Waals surface area contributed by atoms with Crippen molar-refractivity contribution in [2.75, 3.05) is 10.7 Å². The minimum Gasteiger partial charge on any atom is -0.439 e. The number of aromatic nitrogens is 3. The number of hydrogen-bond acceptors (Lipinski definition) is 8. The Labute approximate surface area is 178 Å². The highest BCUT2D eigenvalue weighted by molar-refractivity contribution is 6.39. The van der Waals surface area contributed by atoms with Crippen molar-refractivity contribution in [2.24, 2.45) is 0 Å². The van der Waals surface area contributed by atoms with E-state index in [4.69, 9.17) is 10.00 Å². The second kappa shape index (κ2) is 9.80. The molecule has 0 radical (unpaired) electrons. The van der Waals surface area contributed by atoms with E-state index in [0.29, 0.717) is 23.7 Å². The number of aryl methyl sites for hydroxylation is 2. The van der Waals surface area contributed by atoms with Crippen molar-refractivity contribution < 1.29 is 14.3 Å². The van der Waals surface area contributed by atoms with Crippen LogP contribution in [0.15, 0.2) is 48.7 Å². The topological polar surface area (TPSA) is 142 Å². The van der Waals surface area contributed by atoms with Crippen molar-refractivity contribution in [1.29, 1.82) is 5.26 Å². The fourth-order valence-electron chi connectivity index (χ4n) is 2.54. The molecule has 0 aliphatic rings. The molecule has 0 saturated carbocycles. The van der Waals surface area contributed by atoms with Gasteiger partial charge in [-0.2, -0.15) is 5.26 Å². The molecule has 1 aromatic carbocycles. The van der Waals surface area contributed by atoms with Gasteiger partial charge in [0, 0.05) is 17.5 Å². The van der Waals surface area contributed by atoms with Crippen LogP contribution >= 0.6 is 0 Å². The van der Waals surface area contributed by atoms with Gasteiger partial charge in [-0.3, -0.25) is 20.4 Å². The maximum atomic E-state index is 12.0. The largest absolute Gasteiger partial charge is 0.439 e. The number of hydrazine groups is 1. The van der Waals surface area contributed by atoms with E-state index in [1.54, 1.807) is 56.3 Å². The Morgan fingerprint density at radius 3 is 2.35 bits per heavy atom. The summed E-state index contributed by atoms with van der Waals surface area (Å²) in [5, 5.41) is 11.1. The number of carbonyl (C=O) groups is 2. The number of nitrogens with one attached hydrogen (secondary N) is 3. The fraction of sp³-hybridized carbons (Fsp3) is 0.143. The van der Waals surface area contributed by atoms with E-state index in [1.165, 1.54) is 6.20 Å². The van der Waals surface area contributed by atoms with Gasteiger partial charge in [0.05, 0.1) is 24.4 Å². The standard InChI is InChI=1S/C21H19N7O3/c1-13-11-14(2)25-21(24-13)28-27-20(30)19(29)26-16-5-8-18(23-12-16)31-17-6-3-15(4-7-17)9-10-22/h3-8,11-12H,9H2,1-2H3,(H,26,29)(H,27,30)(H,24,25,28). The molecule has 0 saturated heterocycles. The monoisotopic (exact) mass is 417 g/mol. The van der Waals surface area contributed by atoms with Crippen LogP contribution < -0.4 is 20.9 Å². The van der Waals surface area contributed by atoms with E-state index in [9.17, 15) is 9.59 Å². The van der Waals surface area contributed by atoms with Crippen LogP contribution in [-0.4, -0.2) is 26.8 Å². The van der Waals surface area contributed by atoms with Crippen LogP contribution in [0.4, 0.5) is 11.6 Å². The Balaban J connectivity index is 1.52. The Kier molecular flexibility index (Phi) is 6.70. The maximum absolute atomic E-state index is 12.0. The number of anilines is 2. The van der Waals surface area contributed by atoms with Crippen LogP contribution in [-0.2, 0) is 16.0 Å². The summed E-state index contributed by atoms with van der Waals surface area (Å²) in [4.78, 5) is 36.3. The second-order valence-electron chi connectivity index (χ2n) is 6.47. The fourth-order valence-corrected chi connectivity index (χ4v) is 2.54.